The first kappa shape index (κ1) is 20.9. The summed E-state index contributed by atoms with van der Waals surface area (Å²) >= 11 is 0. The number of aryl methyl sites for hydroxylation is 1. The van der Waals surface area contributed by atoms with E-state index in [2.05, 4.69) is 105 Å². The maximum Gasteiger partial charge on any atom is 0.0966 e. The van der Waals surface area contributed by atoms with Crippen LogP contribution in [-0.4, -0.2) is 57.1 Å². The van der Waals surface area contributed by atoms with Crippen LogP contribution in [0, 0.1) is 0 Å². The molecule has 0 saturated carbocycles. The van der Waals surface area contributed by atoms with Gasteiger partial charge in [-0.3, -0.25) is 9.97 Å². The Morgan fingerprint density at radius 1 is 0.971 bits per heavy atom. The van der Waals surface area contributed by atoms with Crippen molar-refractivity contribution in [2.75, 3.05) is 32.0 Å². The molecule has 1 N–H and O–H groups in total. The van der Waals surface area contributed by atoms with Crippen molar-refractivity contribution in [1.29, 1.82) is 0 Å². The van der Waals surface area contributed by atoms with Crippen LogP contribution in [-0.2, 0) is 7.05 Å². The Morgan fingerprint density at radius 2 is 1.82 bits per heavy atom. The second-order valence-electron chi connectivity index (χ2n) is 9.51. The zero-order chi connectivity index (χ0) is 23.1. The highest BCUT2D eigenvalue weighted by molar-refractivity contribution is 5.97. The van der Waals surface area contributed by atoms with Gasteiger partial charge < -0.3 is 19.7 Å². The fraction of sp³-hybridized carbons (Fsp3) is 0.286. The number of piperidine rings is 1. The van der Waals surface area contributed by atoms with Gasteiger partial charge in [-0.25, -0.2) is 0 Å². The SMILES string of the molecule is CN1CCC(N2C=CC=C(Nc3cc(-c4ccc5ccn(C)c5c4)c4nccnc4c3)C2)CC1. The summed E-state index contributed by atoms with van der Waals surface area (Å²) in [6, 6.07) is 13.7. The zero-order valence-electron chi connectivity index (χ0n) is 19.8. The summed E-state index contributed by atoms with van der Waals surface area (Å²) in [5, 5.41) is 4.93. The Hall–Kier alpha value is -3.64. The molecular weight excluding hydrogens is 420 g/mol. The van der Waals surface area contributed by atoms with Crippen molar-refractivity contribution in [2.45, 2.75) is 18.9 Å². The van der Waals surface area contributed by atoms with Crippen LogP contribution in [0.5, 0.6) is 0 Å². The number of benzene rings is 2. The molecule has 0 aliphatic carbocycles. The van der Waals surface area contributed by atoms with Crippen LogP contribution in [0.25, 0.3) is 33.1 Å². The minimum absolute atomic E-state index is 0.605. The normalized spacial score (nSPS) is 17.5. The summed E-state index contributed by atoms with van der Waals surface area (Å²) in [5.74, 6) is 0. The molecule has 4 aromatic rings. The molecule has 172 valence electrons. The van der Waals surface area contributed by atoms with Gasteiger partial charge in [0.2, 0.25) is 0 Å². The first-order valence-corrected chi connectivity index (χ1v) is 12.0. The smallest absolute Gasteiger partial charge is 0.0966 e. The quantitative estimate of drug-likeness (QED) is 0.474. The summed E-state index contributed by atoms with van der Waals surface area (Å²) in [6.45, 7) is 3.23. The van der Waals surface area contributed by atoms with Crippen molar-refractivity contribution in [3.05, 3.63) is 79.0 Å². The van der Waals surface area contributed by atoms with Crippen molar-refractivity contribution < 1.29 is 0 Å². The summed E-state index contributed by atoms with van der Waals surface area (Å²) in [4.78, 5) is 14.2. The van der Waals surface area contributed by atoms with Crippen LogP contribution in [0.1, 0.15) is 12.8 Å². The molecular formula is C28H30N6. The van der Waals surface area contributed by atoms with Gasteiger partial charge in [0.25, 0.3) is 0 Å². The van der Waals surface area contributed by atoms with Gasteiger partial charge in [-0.15, -0.1) is 0 Å². The van der Waals surface area contributed by atoms with E-state index >= 15 is 0 Å². The van der Waals surface area contributed by atoms with Gasteiger partial charge in [-0.05, 0) is 86.5 Å². The maximum absolute atomic E-state index is 4.68. The standard InChI is InChI=1S/C28H30N6/c1-32-13-8-24(9-14-32)34-12-3-4-22(19-34)31-23-17-25(28-26(18-23)29-10-11-30-28)21-6-5-20-7-15-33(2)27(20)16-21/h3-7,10-12,15-18,24,31H,8-9,13-14,19H2,1-2H3. The predicted molar refractivity (Wildman–Crippen MR) is 140 cm³/mol. The molecule has 6 heteroatoms. The van der Waals surface area contributed by atoms with Gasteiger partial charge in [0, 0.05) is 54.1 Å². The highest BCUT2D eigenvalue weighted by Gasteiger charge is 2.23. The molecule has 0 unspecified atom stereocenters. The van der Waals surface area contributed by atoms with E-state index in [0.717, 1.165) is 34.4 Å². The van der Waals surface area contributed by atoms with E-state index in [0.29, 0.717) is 6.04 Å². The third-order valence-corrected chi connectivity index (χ3v) is 7.16. The molecule has 6 nitrogen and oxygen atoms in total. The number of hydrogen-bond donors (Lipinski definition) is 1. The van der Waals surface area contributed by atoms with Gasteiger partial charge in [0.1, 0.15) is 0 Å². The number of anilines is 1. The second-order valence-corrected chi connectivity index (χ2v) is 9.51. The minimum atomic E-state index is 0.605. The third kappa shape index (κ3) is 3.94. The van der Waals surface area contributed by atoms with Gasteiger partial charge in [0.05, 0.1) is 17.6 Å². The van der Waals surface area contributed by atoms with Crippen LogP contribution >= 0.6 is 0 Å². The second kappa shape index (κ2) is 8.61. The molecule has 0 radical (unpaired) electrons. The molecule has 34 heavy (non-hydrogen) atoms. The lowest BCUT2D eigenvalue weighted by atomic mass is 10.0. The number of likely N-dealkylation sites (tertiary alicyclic amines) is 1. The van der Waals surface area contributed by atoms with Gasteiger partial charge in [0.15, 0.2) is 0 Å². The Kier molecular flexibility index (Phi) is 5.30. The van der Waals surface area contributed by atoms with E-state index in [1.165, 1.54) is 42.5 Å². The van der Waals surface area contributed by atoms with E-state index < -0.39 is 0 Å². The monoisotopic (exact) mass is 450 g/mol. The molecule has 0 amide bonds. The van der Waals surface area contributed by atoms with Crippen molar-refractivity contribution in [3.63, 3.8) is 0 Å². The highest BCUT2D eigenvalue weighted by Crippen LogP contribution is 2.33. The average molecular weight is 451 g/mol. The number of rotatable bonds is 4. The van der Waals surface area contributed by atoms with Crippen LogP contribution in [0.2, 0.25) is 0 Å². The topological polar surface area (TPSA) is 49.2 Å². The number of nitrogens with one attached hydrogen (secondary N) is 1. The predicted octanol–water partition coefficient (Wildman–Crippen LogP) is 5.01. The van der Waals surface area contributed by atoms with Gasteiger partial charge in [-0.2, -0.15) is 0 Å². The number of fused-ring (bicyclic) bond motifs is 2. The Morgan fingerprint density at radius 3 is 2.71 bits per heavy atom. The van der Waals surface area contributed by atoms with E-state index in [-0.39, 0.29) is 0 Å². The average Bonchev–Trinajstić information content (AvgIpc) is 3.24. The Bertz CT molecular complexity index is 1410. The molecule has 0 spiro atoms. The highest BCUT2D eigenvalue weighted by atomic mass is 15.2. The van der Waals surface area contributed by atoms with Crippen LogP contribution < -0.4 is 5.32 Å². The molecule has 6 rings (SSSR count). The third-order valence-electron chi connectivity index (χ3n) is 7.16. The van der Waals surface area contributed by atoms with E-state index in [9.17, 15) is 0 Å². The fourth-order valence-corrected chi connectivity index (χ4v) is 5.21. The van der Waals surface area contributed by atoms with Crippen molar-refractivity contribution in [2.24, 2.45) is 7.05 Å². The number of allylic oxidation sites excluding steroid dienone is 2. The zero-order valence-corrected chi connectivity index (χ0v) is 19.8. The largest absolute Gasteiger partial charge is 0.369 e. The molecule has 1 saturated heterocycles. The summed E-state index contributed by atoms with van der Waals surface area (Å²) in [6.07, 6.45) is 14.7. The Labute approximate surface area is 200 Å². The van der Waals surface area contributed by atoms with E-state index in [1.54, 1.807) is 12.4 Å². The molecule has 0 atom stereocenters. The number of aromatic nitrogens is 3. The summed E-state index contributed by atoms with van der Waals surface area (Å²) < 4.78 is 2.16. The first-order valence-electron chi connectivity index (χ1n) is 12.0. The van der Waals surface area contributed by atoms with Gasteiger partial charge in [-0.1, -0.05) is 12.1 Å². The summed E-state index contributed by atoms with van der Waals surface area (Å²) in [5.41, 5.74) is 7.51. The number of hydrogen-bond acceptors (Lipinski definition) is 5. The van der Waals surface area contributed by atoms with E-state index in [1.807, 2.05) is 0 Å². The fourth-order valence-electron chi connectivity index (χ4n) is 5.21. The molecule has 2 aliphatic heterocycles. The molecule has 2 aromatic carbocycles. The summed E-state index contributed by atoms with van der Waals surface area (Å²) in [7, 11) is 4.30. The molecule has 4 heterocycles. The number of nitrogens with zero attached hydrogens (tertiary/aromatic N) is 5. The van der Waals surface area contributed by atoms with E-state index in [4.69, 9.17) is 0 Å². The maximum atomic E-state index is 4.68. The van der Waals surface area contributed by atoms with Crippen LogP contribution in [0.15, 0.2) is 79.0 Å². The Balaban J connectivity index is 1.32. The molecule has 2 aromatic heterocycles. The molecule has 0 bridgehead atoms. The molecule has 2 aliphatic rings. The molecule has 1 fully saturated rings. The van der Waals surface area contributed by atoms with Crippen molar-refractivity contribution >= 4 is 27.6 Å². The van der Waals surface area contributed by atoms with Crippen LogP contribution in [0.4, 0.5) is 5.69 Å². The minimum Gasteiger partial charge on any atom is -0.369 e. The van der Waals surface area contributed by atoms with Crippen LogP contribution in [0.3, 0.4) is 0 Å². The lowest BCUT2D eigenvalue weighted by Crippen LogP contribution is -2.43. The lowest BCUT2D eigenvalue weighted by molar-refractivity contribution is 0.167. The van der Waals surface area contributed by atoms with Crippen molar-refractivity contribution in [1.82, 2.24) is 24.3 Å². The van der Waals surface area contributed by atoms with Crippen molar-refractivity contribution in [3.8, 4) is 11.1 Å². The first-order chi connectivity index (χ1) is 16.6. The van der Waals surface area contributed by atoms with Gasteiger partial charge >= 0.3 is 0 Å². The lowest BCUT2D eigenvalue weighted by Gasteiger charge is -2.38.